The maximum Gasteiger partial charge on any atom is 0.226 e. The van der Waals surface area contributed by atoms with E-state index < -0.39 is 0 Å². The summed E-state index contributed by atoms with van der Waals surface area (Å²) in [5, 5.41) is 5.27. The van der Waals surface area contributed by atoms with Crippen LogP contribution in [0.15, 0.2) is 52.3 Å². The zero-order valence-corrected chi connectivity index (χ0v) is 18.3. The monoisotopic (exact) mass is 468 g/mol. The van der Waals surface area contributed by atoms with Gasteiger partial charge in [0.15, 0.2) is 10.9 Å². The molecule has 29 heavy (non-hydrogen) atoms. The molecule has 3 aromatic rings. The van der Waals surface area contributed by atoms with Gasteiger partial charge in [0.2, 0.25) is 5.91 Å². The summed E-state index contributed by atoms with van der Waals surface area (Å²) in [7, 11) is 0. The maximum atomic E-state index is 12.5. The summed E-state index contributed by atoms with van der Waals surface area (Å²) in [6.45, 7) is 0. The zero-order chi connectivity index (χ0) is 20.2. The molecular formula is C23H21BrN2O2S. The number of thiazole rings is 1. The van der Waals surface area contributed by atoms with Gasteiger partial charge < -0.3 is 5.32 Å². The second-order valence-corrected chi connectivity index (χ2v) is 8.98. The predicted molar refractivity (Wildman–Crippen MR) is 121 cm³/mol. The fraction of sp³-hybridized carbons (Fsp3) is 0.261. The van der Waals surface area contributed by atoms with Crippen molar-refractivity contribution in [3.8, 4) is 11.3 Å². The summed E-state index contributed by atoms with van der Waals surface area (Å²) in [6, 6.07) is 13.8. The number of fused-ring (bicyclic) bond motifs is 1. The first-order valence-electron chi connectivity index (χ1n) is 9.75. The second kappa shape index (κ2) is 9.01. The molecule has 0 saturated carbocycles. The third kappa shape index (κ3) is 5.00. The largest absolute Gasteiger partial charge is 0.302 e. The molecule has 1 N–H and O–H groups in total. The molecule has 148 valence electrons. The molecule has 0 radical (unpaired) electrons. The summed E-state index contributed by atoms with van der Waals surface area (Å²) in [5.41, 5.74) is 5.17. The lowest BCUT2D eigenvalue weighted by molar-refractivity contribution is -0.116. The van der Waals surface area contributed by atoms with Gasteiger partial charge in [0.25, 0.3) is 0 Å². The van der Waals surface area contributed by atoms with Gasteiger partial charge in [-0.2, -0.15) is 0 Å². The van der Waals surface area contributed by atoms with Crippen molar-refractivity contribution in [3.05, 3.63) is 69.0 Å². The molecular weight excluding hydrogens is 448 g/mol. The Bertz CT molecular complexity index is 1040. The number of nitrogens with zero attached hydrogens (tertiary/aromatic N) is 1. The molecule has 6 heteroatoms. The van der Waals surface area contributed by atoms with Crippen LogP contribution >= 0.6 is 27.3 Å². The number of amides is 1. The molecule has 1 heterocycles. The fourth-order valence-corrected chi connectivity index (χ4v) is 4.54. The van der Waals surface area contributed by atoms with E-state index in [-0.39, 0.29) is 24.5 Å². The first-order chi connectivity index (χ1) is 14.1. The van der Waals surface area contributed by atoms with Crippen molar-refractivity contribution in [1.29, 1.82) is 0 Å². The number of nitrogens with one attached hydrogen (secondary N) is 1. The van der Waals surface area contributed by atoms with Gasteiger partial charge in [0, 0.05) is 33.8 Å². The number of rotatable bonds is 6. The highest BCUT2D eigenvalue weighted by Crippen LogP contribution is 2.26. The number of aromatic nitrogens is 1. The van der Waals surface area contributed by atoms with Crippen LogP contribution < -0.4 is 5.32 Å². The SMILES string of the molecule is O=C(CCC(=O)c1ccc2c(c1)CCCC2)Nc1nc(-c2ccc(Br)cc2)cs1. The predicted octanol–water partition coefficient (Wildman–Crippen LogP) is 6.05. The molecule has 1 aliphatic rings. The Morgan fingerprint density at radius 2 is 1.76 bits per heavy atom. The molecule has 0 fully saturated rings. The van der Waals surface area contributed by atoms with Crippen LogP contribution in [-0.4, -0.2) is 16.7 Å². The van der Waals surface area contributed by atoms with Gasteiger partial charge in [0.1, 0.15) is 0 Å². The van der Waals surface area contributed by atoms with Crippen molar-refractivity contribution in [3.63, 3.8) is 0 Å². The van der Waals surface area contributed by atoms with E-state index in [4.69, 9.17) is 0 Å². The minimum absolute atomic E-state index is 0.0169. The Morgan fingerprint density at radius 3 is 2.55 bits per heavy atom. The lowest BCUT2D eigenvalue weighted by Crippen LogP contribution is -2.14. The summed E-state index contributed by atoms with van der Waals surface area (Å²) >= 11 is 4.80. The van der Waals surface area contributed by atoms with E-state index >= 15 is 0 Å². The zero-order valence-electron chi connectivity index (χ0n) is 15.9. The number of anilines is 1. The Hall–Kier alpha value is -2.31. The number of ketones is 1. The fourth-order valence-electron chi connectivity index (χ4n) is 3.54. The minimum Gasteiger partial charge on any atom is -0.302 e. The molecule has 2 aromatic carbocycles. The Morgan fingerprint density at radius 1 is 1.00 bits per heavy atom. The molecule has 4 nitrogen and oxygen atoms in total. The quantitative estimate of drug-likeness (QED) is 0.447. The van der Waals surface area contributed by atoms with Crippen molar-refractivity contribution >= 4 is 44.1 Å². The first-order valence-corrected chi connectivity index (χ1v) is 11.4. The summed E-state index contributed by atoms with van der Waals surface area (Å²) in [6.07, 6.45) is 4.91. The van der Waals surface area contributed by atoms with Crippen LogP contribution in [0.3, 0.4) is 0 Å². The lowest BCUT2D eigenvalue weighted by Gasteiger charge is -2.16. The molecule has 0 unspecified atom stereocenters. The molecule has 1 amide bonds. The number of carbonyl (C=O) groups is 2. The number of aryl methyl sites for hydroxylation is 2. The number of hydrogen-bond acceptors (Lipinski definition) is 4. The van der Waals surface area contributed by atoms with Gasteiger partial charge in [-0.1, -0.05) is 40.2 Å². The Kier molecular flexibility index (Phi) is 6.21. The smallest absolute Gasteiger partial charge is 0.226 e. The van der Waals surface area contributed by atoms with Gasteiger partial charge in [-0.15, -0.1) is 11.3 Å². The Labute approximate surface area is 182 Å². The number of hydrogen-bond donors (Lipinski definition) is 1. The summed E-state index contributed by atoms with van der Waals surface area (Å²) in [4.78, 5) is 29.2. The topological polar surface area (TPSA) is 59.1 Å². The van der Waals surface area contributed by atoms with E-state index in [0.29, 0.717) is 10.7 Å². The number of halogens is 1. The minimum atomic E-state index is -0.187. The van der Waals surface area contributed by atoms with Gasteiger partial charge in [-0.05, 0) is 55.0 Å². The van der Waals surface area contributed by atoms with Crippen LogP contribution in [0, 0.1) is 0 Å². The van der Waals surface area contributed by atoms with Crippen molar-refractivity contribution in [2.24, 2.45) is 0 Å². The highest BCUT2D eigenvalue weighted by molar-refractivity contribution is 9.10. The Balaban J connectivity index is 1.32. The molecule has 1 aliphatic carbocycles. The van der Waals surface area contributed by atoms with Gasteiger partial charge in [-0.3, -0.25) is 9.59 Å². The van der Waals surface area contributed by atoms with Gasteiger partial charge in [0.05, 0.1) is 5.69 Å². The number of benzene rings is 2. The van der Waals surface area contributed by atoms with Crippen molar-refractivity contribution in [2.45, 2.75) is 38.5 Å². The van der Waals surface area contributed by atoms with E-state index in [1.165, 1.54) is 35.3 Å². The van der Waals surface area contributed by atoms with Crippen LogP contribution in [-0.2, 0) is 17.6 Å². The van der Waals surface area contributed by atoms with Crippen LogP contribution in [0.5, 0.6) is 0 Å². The number of Topliss-reactive ketones (excluding diaryl/α,β-unsaturated/α-hetero) is 1. The van der Waals surface area contributed by atoms with Crippen molar-refractivity contribution in [1.82, 2.24) is 4.98 Å². The highest BCUT2D eigenvalue weighted by atomic mass is 79.9. The third-order valence-corrected chi connectivity index (χ3v) is 6.43. The lowest BCUT2D eigenvalue weighted by atomic mass is 9.89. The molecule has 1 aromatic heterocycles. The maximum absolute atomic E-state index is 12.5. The molecule has 0 aliphatic heterocycles. The first kappa shape index (κ1) is 20.0. The van der Waals surface area contributed by atoms with Crippen LogP contribution in [0.1, 0.15) is 47.2 Å². The molecule has 0 bridgehead atoms. The van der Waals surface area contributed by atoms with E-state index in [0.717, 1.165) is 28.6 Å². The van der Waals surface area contributed by atoms with Crippen LogP contribution in [0.4, 0.5) is 5.13 Å². The van der Waals surface area contributed by atoms with E-state index in [1.54, 1.807) is 0 Å². The van der Waals surface area contributed by atoms with E-state index in [1.807, 2.05) is 41.8 Å². The molecule has 0 atom stereocenters. The second-order valence-electron chi connectivity index (χ2n) is 7.21. The van der Waals surface area contributed by atoms with Gasteiger partial charge >= 0.3 is 0 Å². The molecule has 4 rings (SSSR count). The van der Waals surface area contributed by atoms with Gasteiger partial charge in [-0.25, -0.2) is 4.98 Å². The normalized spacial score (nSPS) is 13.0. The molecule has 0 spiro atoms. The average Bonchev–Trinajstić information content (AvgIpc) is 3.20. The van der Waals surface area contributed by atoms with E-state index in [2.05, 4.69) is 32.3 Å². The van der Waals surface area contributed by atoms with Crippen LogP contribution in [0.25, 0.3) is 11.3 Å². The molecule has 0 saturated heterocycles. The van der Waals surface area contributed by atoms with E-state index in [9.17, 15) is 9.59 Å². The standard InChI is InChI=1S/C23H21BrN2O2S/c24-19-9-7-16(8-10-19)20-14-29-23(25-20)26-22(28)12-11-21(27)18-6-5-15-3-1-2-4-17(15)13-18/h5-10,13-14H,1-4,11-12H2,(H,25,26,28). The third-order valence-electron chi connectivity index (χ3n) is 5.14. The average molecular weight is 469 g/mol. The summed E-state index contributed by atoms with van der Waals surface area (Å²) in [5.74, 6) is -0.170. The van der Waals surface area contributed by atoms with Crippen molar-refractivity contribution < 1.29 is 9.59 Å². The summed E-state index contributed by atoms with van der Waals surface area (Å²) < 4.78 is 1.01. The van der Waals surface area contributed by atoms with Crippen LogP contribution in [0.2, 0.25) is 0 Å². The van der Waals surface area contributed by atoms with Crippen molar-refractivity contribution in [2.75, 3.05) is 5.32 Å². The highest BCUT2D eigenvalue weighted by Gasteiger charge is 2.15. The number of carbonyl (C=O) groups excluding carboxylic acids is 2.